The molecule has 1 amide bonds. The van der Waals surface area contributed by atoms with E-state index in [9.17, 15) is 18.0 Å². The lowest BCUT2D eigenvalue weighted by atomic mass is 10.2. The van der Waals surface area contributed by atoms with E-state index in [1.807, 2.05) is 6.92 Å². The Morgan fingerprint density at radius 1 is 1.15 bits per heavy atom. The molecule has 0 radical (unpaired) electrons. The van der Waals surface area contributed by atoms with Gasteiger partial charge in [-0.15, -0.1) is 0 Å². The molecule has 11 heteroatoms. The Bertz CT molecular complexity index is 1310. The number of hydrogen-bond acceptors (Lipinski definition) is 7. The van der Waals surface area contributed by atoms with Crippen molar-refractivity contribution < 1.29 is 22.7 Å². The number of benzene rings is 1. The van der Waals surface area contributed by atoms with Crippen LogP contribution in [0.4, 0.5) is 5.69 Å². The Labute approximate surface area is 191 Å². The SMILES string of the molecule is Cc1nn(C)c2ncc(C(=O)OC(C)C(=O)Nc3ccc(S(=O)(=O)N4CCCC4)cc3)cc12. The lowest BCUT2D eigenvalue weighted by molar-refractivity contribution is -0.123. The van der Waals surface area contributed by atoms with Crippen molar-refractivity contribution in [1.29, 1.82) is 0 Å². The van der Waals surface area contributed by atoms with Crippen molar-refractivity contribution in [1.82, 2.24) is 19.1 Å². The number of sulfonamides is 1. The predicted octanol–water partition coefficient (Wildman–Crippen LogP) is 2.25. The maximum Gasteiger partial charge on any atom is 0.340 e. The summed E-state index contributed by atoms with van der Waals surface area (Å²) in [5.74, 6) is -1.22. The summed E-state index contributed by atoms with van der Waals surface area (Å²) in [5, 5.41) is 7.63. The Kier molecular flexibility index (Phi) is 6.17. The molecule has 1 aliphatic heterocycles. The van der Waals surface area contributed by atoms with E-state index in [2.05, 4.69) is 15.4 Å². The van der Waals surface area contributed by atoms with Crippen molar-refractivity contribution in [3.8, 4) is 0 Å². The molecule has 0 aliphatic carbocycles. The van der Waals surface area contributed by atoms with Gasteiger partial charge in [0.1, 0.15) is 0 Å². The van der Waals surface area contributed by atoms with Crippen LogP contribution in [0.1, 0.15) is 35.8 Å². The summed E-state index contributed by atoms with van der Waals surface area (Å²) in [7, 11) is -1.76. The fraction of sp³-hybridized carbons (Fsp3) is 0.364. The van der Waals surface area contributed by atoms with Gasteiger partial charge in [-0.05, 0) is 57.0 Å². The van der Waals surface area contributed by atoms with Crippen LogP contribution in [-0.4, -0.2) is 58.6 Å². The van der Waals surface area contributed by atoms with Crippen molar-refractivity contribution in [3.05, 3.63) is 47.8 Å². The number of amides is 1. The number of rotatable bonds is 6. The van der Waals surface area contributed by atoms with Gasteiger partial charge in [0.2, 0.25) is 10.0 Å². The number of esters is 1. The third kappa shape index (κ3) is 4.60. The van der Waals surface area contributed by atoms with Gasteiger partial charge in [0.15, 0.2) is 11.8 Å². The van der Waals surface area contributed by atoms with Crippen LogP contribution in [0, 0.1) is 6.92 Å². The Hall–Kier alpha value is -3.31. The normalized spacial score (nSPS) is 15.5. The standard InChI is InChI=1S/C22H25N5O5S/c1-14-19-12-16(13-23-20(19)26(3)25-14)22(29)32-15(2)21(28)24-17-6-8-18(9-7-17)33(30,31)27-10-4-5-11-27/h6-9,12-13,15H,4-5,10-11H2,1-3H3,(H,24,28). The van der Waals surface area contributed by atoms with Gasteiger partial charge in [-0.25, -0.2) is 18.2 Å². The first-order valence-electron chi connectivity index (χ1n) is 10.6. The van der Waals surface area contributed by atoms with Gasteiger partial charge in [0, 0.05) is 37.4 Å². The van der Waals surface area contributed by atoms with Crippen LogP contribution < -0.4 is 5.32 Å². The van der Waals surface area contributed by atoms with Crippen LogP contribution in [0.5, 0.6) is 0 Å². The van der Waals surface area contributed by atoms with Crippen molar-refractivity contribution in [3.63, 3.8) is 0 Å². The smallest absolute Gasteiger partial charge is 0.340 e. The number of hydrogen-bond donors (Lipinski definition) is 1. The van der Waals surface area contributed by atoms with E-state index in [0.29, 0.717) is 24.4 Å². The second-order valence-electron chi connectivity index (χ2n) is 7.98. The molecule has 174 valence electrons. The van der Waals surface area contributed by atoms with Gasteiger partial charge in [-0.1, -0.05) is 0 Å². The highest BCUT2D eigenvalue weighted by molar-refractivity contribution is 7.89. The molecule has 3 heterocycles. The van der Waals surface area contributed by atoms with Gasteiger partial charge in [0.05, 0.1) is 16.2 Å². The van der Waals surface area contributed by atoms with E-state index in [0.717, 1.165) is 23.9 Å². The zero-order valence-corrected chi connectivity index (χ0v) is 19.4. The van der Waals surface area contributed by atoms with Crippen molar-refractivity contribution in [2.75, 3.05) is 18.4 Å². The first-order valence-corrected chi connectivity index (χ1v) is 12.0. The van der Waals surface area contributed by atoms with E-state index in [4.69, 9.17) is 4.74 Å². The third-order valence-electron chi connectivity index (χ3n) is 5.58. The number of aryl methyl sites for hydroxylation is 2. The summed E-state index contributed by atoms with van der Waals surface area (Å²) in [6.07, 6.45) is 2.03. The minimum atomic E-state index is -3.52. The quantitative estimate of drug-likeness (QED) is 0.547. The number of pyridine rings is 1. The molecule has 2 aromatic heterocycles. The number of nitrogens with zero attached hydrogens (tertiary/aromatic N) is 4. The Morgan fingerprint density at radius 2 is 1.82 bits per heavy atom. The number of carbonyl (C=O) groups excluding carboxylic acids is 2. The Morgan fingerprint density at radius 3 is 2.48 bits per heavy atom. The number of ether oxygens (including phenoxy) is 1. The van der Waals surface area contributed by atoms with Gasteiger partial charge >= 0.3 is 5.97 Å². The van der Waals surface area contributed by atoms with E-state index in [-0.39, 0.29) is 10.5 Å². The second-order valence-corrected chi connectivity index (χ2v) is 9.91. The van der Waals surface area contributed by atoms with E-state index in [1.54, 1.807) is 17.8 Å². The van der Waals surface area contributed by atoms with Crippen LogP contribution in [0.15, 0.2) is 41.4 Å². The molecule has 1 saturated heterocycles. The first kappa shape index (κ1) is 22.9. The van der Waals surface area contributed by atoms with Gasteiger partial charge < -0.3 is 10.1 Å². The zero-order chi connectivity index (χ0) is 23.8. The van der Waals surface area contributed by atoms with Crippen LogP contribution in [0.3, 0.4) is 0 Å². The molecule has 1 aromatic carbocycles. The predicted molar refractivity (Wildman–Crippen MR) is 121 cm³/mol. The third-order valence-corrected chi connectivity index (χ3v) is 7.49. The van der Waals surface area contributed by atoms with Crippen LogP contribution in [-0.2, 0) is 26.6 Å². The lowest BCUT2D eigenvalue weighted by Gasteiger charge is -2.16. The molecule has 3 aromatic rings. The average Bonchev–Trinajstić information content (AvgIpc) is 3.43. The van der Waals surface area contributed by atoms with Crippen LogP contribution in [0.25, 0.3) is 11.0 Å². The monoisotopic (exact) mass is 471 g/mol. The van der Waals surface area contributed by atoms with E-state index in [1.165, 1.54) is 41.7 Å². The van der Waals surface area contributed by atoms with Gasteiger partial charge in [0.25, 0.3) is 5.91 Å². The van der Waals surface area contributed by atoms with E-state index >= 15 is 0 Å². The fourth-order valence-electron chi connectivity index (χ4n) is 3.73. The molecular formula is C22H25N5O5S. The number of nitrogens with one attached hydrogen (secondary N) is 1. The molecule has 1 aliphatic rings. The van der Waals surface area contributed by atoms with Crippen molar-refractivity contribution >= 4 is 38.6 Å². The Balaban J connectivity index is 1.39. The minimum absolute atomic E-state index is 0.176. The zero-order valence-electron chi connectivity index (χ0n) is 18.6. The number of fused-ring (bicyclic) bond motifs is 1. The van der Waals surface area contributed by atoms with Crippen molar-refractivity contribution in [2.24, 2.45) is 7.05 Å². The molecule has 1 N–H and O–H groups in total. The summed E-state index contributed by atoms with van der Waals surface area (Å²) >= 11 is 0. The summed E-state index contributed by atoms with van der Waals surface area (Å²) in [5.41, 5.74) is 1.99. The summed E-state index contributed by atoms with van der Waals surface area (Å²) in [6, 6.07) is 7.57. The molecular weight excluding hydrogens is 446 g/mol. The molecule has 10 nitrogen and oxygen atoms in total. The van der Waals surface area contributed by atoms with E-state index < -0.39 is 28.0 Å². The molecule has 4 rings (SSSR count). The number of aromatic nitrogens is 3. The summed E-state index contributed by atoms with van der Waals surface area (Å²) in [6.45, 7) is 4.32. The minimum Gasteiger partial charge on any atom is -0.449 e. The topological polar surface area (TPSA) is 123 Å². The van der Waals surface area contributed by atoms with Gasteiger partial charge in [-0.3, -0.25) is 9.48 Å². The highest BCUT2D eigenvalue weighted by atomic mass is 32.2. The summed E-state index contributed by atoms with van der Waals surface area (Å²) in [4.78, 5) is 29.4. The number of carbonyl (C=O) groups is 2. The fourth-order valence-corrected chi connectivity index (χ4v) is 5.25. The maximum absolute atomic E-state index is 12.6. The number of anilines is 1. The molecule has 0 saturated carbocycles. The molecule has 1 unspecified atom stereocenters. The highest BCUT2D eigenvalue weighted by Gasteiger charge is 2.27. The lowest BCUT2D eigenvalue weighted by Crippen LogP contribution is -2.30. The maximum atomic E-state index is 12.6. The largest absolute Gasteiger partial charge is 0.449 e. The average molecular weight is 472 g/mol. The molecule has 1 atom stereocenters. The second kappa shape index (κ2) is 8.91. The van der Waals surface area contributed by atoms with Crippen LogP contribution >= 0.6 is 0 Å². The summed E-state index contributed by atoms with van der Waals surface area (Å²) < 4.78 is 33.6. The van der Waals surface area contributed by atoms with Crippen LogP contribution in [0.2, 0.25) is 0 Å². The van der Waals surface area contributed by atoms with Gasteiger partial charge in [-0.2, -0.15) is 9.40 Å². The van der Waals surface area contributed by atoms with Crippen molar-refractivity contribution in [2.45, 2.75) is 37.7 Å². The molecule has 1 fully saturated rings. The first-order chi connectivity index (χ1) is 15.7. The molecule has 0 spiro atoms. The highest BCUT2D eigenvalue weighted by Crippen LogP contribution is 2.22. The molecule has 33 heavy (non-hydrogen) atoms. The molecule has 0 bridgehead atoms.